The van der Waals surface area contributed by atoms with Gasteiger partial charge >= 0.3 is 0 Å². The van der Waals surface area contributed by atoms with Crippen molar-refractivity contribution in [2.45, 2.75) is 12.2 Å². The zero-order chi connectivity index (χ0) is 13.5. The third-order valence-electron chi connectivity index (χ3n) is 3.34. The van der Waals surface area contributed by atoms with E-state index in [0.29, 0.717) is 25.6 Å². The molecule has 1 aromatic carbocycles. The van der Waals surface area contributed by atoms with Crippen molar-refractivity contribution in [3.8, 4) is 0 Å². The number of rotatable bonds is 3. The Kier molecular flexibility index (Phi) is 3.55. The van der Waals surface area contributed by atoms with Crippen molar-refractivity contribution in [1.29, 1.82) is 0 Å². The molecule has 0 aromatic heterocycles. The normalized spacial score (nSPS) is 20.3. The largest absolute Gasteiger partial charge is 0.336 e. The van der Waals surface area contributed by atoms with Gasteiger partial charge in [-0.2, -0.15) is 0 Å². The minimum Gasteiger partial charge on any atom is -0.336 e. The third kappa shape index (κ3) is 2.00. The van der Waals surface area contributed by atoms with E-state index >= 15 is 0 Å². The number of fused-ring (bicyclic) bond motifs is 2. The summed E-state index contributed by atoms with van der Waals surface area (Å²) in [5, 5.41) is 0. The van der Waals surface area contributed by atoms with Gasteiger partial charge in [0.2, 0.25) is 0 Å². The van der Waals surface area contributed by atoms with E-state index in [2.05, 4.69) is 15.9 Å². The van der Waals surface area contributed by atoms with Crippen LogP contribution in [0.1, 0.15) is 12.0 Å². The minimum atomic E-state index is -1.24. The maximum atomic E-state index is 12.6. The maximum Gasteiger partial charge on any atom is 0.292 e. The zero-order valence-electron chi connectivity index (χ0n) is 10.2. The fourth-order valence-electron chi connectivity index (χ4n) is 2.54. The Morgan fingerprint density at radius 1 is 1.37 bits per heavy atom. The molecule has 0 atom stereocenters. The van der Waals surface area contributed by atoms with Crippen LogP contribution in [0, 0.1) is 0 Å². The summed E-state index contributed by atoms with van der Waals surface area (Å²) in [6, 6.07) is 5.71. The van der Waals surface area contributed by atoms with E-state index in [-0.39, 0.29) is 5.91 Å². The van der Waals surface area contributed by atoms with Crippen molar-refractivity contribution >= 4 is 39.1 Å². The Bertz CT molecular complexity index is 517. The van der Waals surface area contributed by atoms with Crippen LogP contribution < -0.4 is 4.90 Å². The molecule has 1 saturated heterocycles. The van der Waals surface area contributed by atoms with Crippen molar-refractivity contribution < 1.29 is 14.3 Å². The van der Waals surface area contributed by atoms with Crippen molar-refractivity contribution in [2.24, 2.45) is 0 Å². The smallest absolute Gasteiger partial charge is 0.292 e. The zero-order valence-corrected chi connectivity index (χ0v) is 12.5. The number of hydrogen-bond donors (Lipinski definition) is 0. The van der Waals surface area contributed by atoms with Crippen molar-refractivity contribution in [3.63, 3.8) is 0 Å². The van der Waals surface area contributed by atoms with Crippen LogP contribution in [-0.2, 0) is 20.1 Å². The number of carbonyl (C=O) groups is 1. The summed E-state index contributed by atoms with van der Waals surface area (Å²) in [6.07, 6.45) is 0.735. The fraction of sp³-hybridized carbons (Fsp3) is 0.462. The summed E-state index contributed by atoms with van der Waals surface area (Å²) >= 11 is 9.15. The number of benzene rings is 1. The number of ether oxygens (including phenoxy) is 2. The molecular weight excluding hydrogens is 334 g/mol. The highest BCUT2D eigenvalue weighted by atomic mass is 79.9. The molecule has 1 fully saturated rings. The average Bonchev–Trinajstić information content (AvgIpc) is 2.97. The van der Waals surface area contributed by atoms with E-state index in [0.717, 1.165) is 22.1 Å². The summed E-state index contributed by atoms with van der Waals surface area (Å²) in [5.41, 5.74) is 1.62. The Balaban J connectivity index is 2.06. The van der Waals surface area contributed by atoms with Crippen molar-refractivity contribution in [1.82, 2.24) is 0 Å². The molecule has 1 amide bonds. The first kappa shape index (κ1) is 13.4. The van der Waals surface area contributed by atoms with Crippen LogP contribution in [0.2, 0.25) is 0 Å². The lowest BCUT2D eigenvalue weighted by Gasteiger charge is -2.21. The highest BCUT2D eigenvalue weighted by molar-refractivity contribution is 9.10. The first-order valence-corrected chi connectivity index (χ1v) is 7.47. The number of alkyl halides is 1. The Labute approximate surface area is 124 Å². The molecule has 0 radical (unpaired) electrons. The first-order valence-electron chi connectivity index (χ1n) is 6.15. The lowest BCUT2D eigenvalue weighted by Crippen LogP contribution is -2.41. The summed E-state index contributed by atoms with van der Waals surface area (Å²) < 4.78 is 12.2. The van der Waals surface area contributed by atoms with E-state index in [9.17, 15) is 4.79 Å². The van der Waals surface area contributed by atoms with Gasteiger partial charge < -0.3 is 14.4 Å². The molecule has 102 valence electrons. The molecule has 2 aliphatic heterocycles. The molecule has 2 heterocycles. The number of carbonyl (C=O) groups excluding carboxylic acids is 1. The Morgan fingerprint density at radius 3 is 2.79 bits per heavy atom. The number of amides is 1. The number of halogens is 2. The highest BCUT2D eigenvalue weighted by Gasteiger charge is 2.55. The van der Waals surface area contributed by atoms with Crippen LogP contribution in [0.4, 0.5) is 5.69 Å². The van der Waals surface area contributed by atoms with E-state index in [1.807, 2.05) is 18.2 Å². The van der Waals surface area contributed by atoms with Gasteiger partial charge in [-0.1, -0.05) is 15.9 Å². The predicted octanol–water partition coefficient (Wildman–Crippen LogP) is 2.62. The molecule has 0 unspecified atom stereocenters. The second-order valence-electron chi connectivity index (χ2n) is 4.47. The van der Waals surface area contributed by atoms with Gasteiger partial charge in [0.05, 0.1) is 18.9 Å². The molecule has 0 bridgehead atoms. The van der Waals surface area contributed by atoms with Gasteiger partial charge in [0.15, 0.2) is 0 Å². The lowest BCUT2D eigenvalue weighted by molar-refractivity contribution is -0.180. The lowest BCUT2D eigenvalue weighted by atomic mass is 10.1. The van der Waals surface area contributed by atoms with Gasteiger partial charge in [-0.05, 0) is 24.6 Å². The molecule has 0 N–H and O–H groups in total. The second kappa shape index (κ2) is 5.05. The van der Waals surface area contributed by atoms with Crippen molar-refractivity contribution in [2.75, 3.05) is 30.5 Å². The van der Waals surface area contributed by atoms with Crippen LogP contribution in [0.3, 0.4) is 0 Å². The molecular formula is C13H13BrClNO3. The molecule has 6 heteroatoms. The van der Waals surface area contributed by atoms with E-state index in [1.165, 1.54) is 0 Å². The van der Waals surface area contributed by atoms with Crippen molar-refractivity contribution in [3.05, 3.63) is 28.2 Å². The number of anilines is 1. The topological polar surface area (TPSA) is 38.8 Å². The molecule has 0 aliphatic carbocycles. The maximum absolute atomic E-state index is 12.6. The predicted molar refractivity (Wildman–Crippen MR) is 75.4 cm³/mol. The van der Waals surface area contributed by atoms with Crippen LogP contribution >= 0.6 is 27.5 Å². The standard InChI is InChI=1S/C13H13BrClNO3/c14-9-2-3-11-10(8-9)13(18-6-7-19-13)12(17)16(11)5-1-4-15/h2-3,8H,1,4-7H2. The molecule has 4 nitrogen and oxygen atoms in total. The summed E-state index contributed by atoms with van der Waals surface area (Å²) in [5.74, 6) is -0.876. The summed E-state index contributed by atoms with van der Waals surface area (Å²) in [6.45, 7) is 1.44. The third-order valence-corrected chi connectivity index (χ3v) is 4.10. The van der Waals surface area contributed by atoms with Gasteiger partial charge in [0.1, 0.15) is 0 Å². The van der Waals surface area contributed by atoms with Gasteiger partial charge in [0.25, 0.3) is 11.7 Å². The van der Waals surface area contributed by atoms with E-state index < -0.39 is 5.79 Å². The van der Waals surface area contributed by atoms with E-state index in [4.69, 9.17) is 21.1 Å². The van der Waals surface area contributed by atoms with Gasteiger partial charge in [-0.15, -0.1) is 11.6 Å². The fourth-order valence-corrected chi connectivity index (χ4v) is 3.02. The van der Waals surface area contributed by atoms with Gasteiger partial charge in [0, 0.05) is 22.5 Å². The SMILES string of the molecule is O=C1N(CCCCl)c2ccc(Br)cc2C12OCCO2. The second-order valence-corrected chi connectivity index (χ2v) is 5.77. The molecule has 19 heavy (non-hydrogen) atoms. The summed E-state index contributed by atoms with van der Waals surface area (Å²) in [7, 11) is 0. The molecule has 1 aromatic rings. The monoisotopic (exact) mass is 345 g/mol. The Hall–Kier alpha value is -0.620. The Morgan fingerprint density at radius 2 is 2.11 bits per heavy atom. The van der Waals surface area contributed by atoms with Crippen LogP contribution in [0.25, 0.3) is 0 Å². The average molecular weight is 347 g/mol. The molecule has 2 aliphatic rings. The van der Waals surface area contributed by atoms with Gasteiger partial charge in [-0.25, -0.2) is 0 Å². The highest BCUT2D eigenvalue weighted by Crippen LogP contribution is 2.46. The van der Waals surface area contributed by atoms with Crippen LogP contribution in [0.15, 0.2) is 22.7 Å². The first-order chi connectivity index (χ1) is 9.19. The quantitative estimate of drug-likeness (QED) is 0.790. The summed E-state index contributed by atoms with van der Waals surface area (Å²) in [4.78, 5) is 14.3. The van der Waals surface area contributed by atoms with E-state index in [1.54, 1.807) is 4.90 Å². The molecule has 3 rings (SSSR count). The van der Waals surface area contributed by atoms with Crippen LogP contribution in [0.5, 0.6) is 0 Å². The number of hydrogen-bond acceptors (Lipinski definition) is 3. The minimum absolute atomic E-state index is 0.150. The number of nitrogens with zero attached hydrogens (tertiary/aromatic N) is 1. The molecule has 0 saturated carbocycles. The van der Waals surface area contributed by atoms with Crippen LogP contribution in [-0.4, -0.2) is 31.5 Å². The molecule has 1 spiro atoms. The van der Waals surface area contributed by atoms with Gasteiger partial charge in [-0.3, -0.25) is 4.79 Å².